The van der Waals surface area contributed by atoms with Gasteiger partial charge in [-0.2, -0.15) is 0 Å². The summed E-state index contributed by atoms with van der Waals surface area (Å²) in [5, 5.41) is 8.78. The minimum atomic E-state index is -3.92. The van der Waals surface area contributed by atoms with Gasteiger partial charge in [0.05, 0.1) is 10.5 Å². The summed E-state index contributed by atoms with van der Waals surface area (Å²) in [6.45, 7) is 1.53. The van der Waals surface area contributed by atoms with Gasteiger partial charge in [-0.05, 0) is 40.5 Å². The standard InChI is InChI=1S/C8H6BrClO4S/c1-4-2-6(9)5(8(11)12)3-7(4)15(10,13)14/h2-3H,1H3,(H,11,12). The number of hydrogen-bond donors (Lipinski definition) is 1. The summed E-state index contributed by atoms with van der Waals surface area (Å²) >= 11 is 3.03. The van der Waals surface area contributed by atoms with E-state index < -0.39 is 15.0 Å². The number of benzene rings is 1. The van der Waals surface area contributed by atoms with Gasteiger partial charge in [-0.1, -0.05) is 0 Å². The van der Waals surface area contributed by atoms with Crippen LogP contribution in [0.4, 0.5) is 0 Å². The van der Waals surface area contributed by atoms with Crippen LogP contribution in [0, 0.1) is 6.92 Å². The van der Waals surface area contributed by atoms with E-state index in [0.717, 1.165) is 6.07 Å². The molecule has 0 aliphatic heterocycles. The highest BCUT2D eigenvalue weighted by Gasteiger charge is 2.18. The number of hydrogen-bond acceptors (Lipinski definition) is 3. The van der Waals surface area contributed by atoms with E-state index in [1.54, 1.807) is 0 Å². The highest BCUT2D eigenvalue weighted by atomic mass is 79.9. The Bertz CT molecular complexity index is 524. The van der Waals surface area contributed by atoms with E-state index >= 15 is 0 Å². The number of aromatic carboxylic acids is 1. The molecule has 1 N–H and O–H groups in total. The van der Waals surface area contributed by atoms with E-state index in [0.29, 0.717) is 10.0 Å². The topological polar surface area (TPSA) is 71.4 Å². The lowest BCUT2D eigenvalue weighted by molar-refractivity contribution is 0.0695. The first-order valence-corrected chi connectivity index (χ1v) is 6.82. The van der Waals surface area contributed by atoms with Crippen LogP contribution in [-0.2, 0) is 9.05 Å². The fourth-order valence-corrected chi connectivity index (χ4v) is 2.91. The molecule has 82 valence electrons. The van der Waals surface area contributed by atoms with Crippen molar-refractivity contribution in [2.24, 2.45) is 0 Å². The van der Waals surface area contributed by atoms with Crippen LogP contribution in [0.1, 0.15) is 15.9 Å². The highest BCUT2D eigenvalue weighted by Crippen LogP contribution is 2.26. The lowest BCUT2D eigenvalue weighted by atomic mass is 10.1. The first-order chi connectivity index (χ1) is 6.73. The van der Waals surface area contributed by atoms with Crippen molar-refractivity contribution >= 4 is 41.6 Å². The number of carbonyl (C=O) groups is 1. The maximum atomic E-state index is 11.1. The highest BCUT2D eigenvalue weighted by molar-refractivity contribution is 9.10. The number of carboxylic acid groups (broad SMARTS) is 1. The Morgan fingerprint density at radius 3 is 2.40 bits per heavy atom. The van der Waals surface area contributed by atoms with Gasteiger partial charge in [0.2, 0.25) is 0 Å². The van der Waals surface area contributed by atoms with Gasteiger partial charge in [0.15, 0.2) is 0 Å². The van der Waals surface area contributed by atoms with Crippen molar-refractivity contribution in [3.8, 4) is 0 Å². The summed E-state index contributed by atoms with van der Waals surface area (Å²) < 4.78 is 22.5. The van der Waals surface area contributed by atoms with Gasteiger partial charge in [0, 0.05) is 15.2 Å². The van der Waals surface area contributed by atoms with Crippen molar-refractivity contribution in [1.82, 2.24) is 0 Å². The molecule has 1 aromatic rings. The third kappa shape index (κ3) is 2.70. The quantitative estimate of drug-likeness (QED) is 0.851. The predicted molar refractivity (Wildman–Crippen MR) is 58.9 cm³/mol. The van der Waals surface area contributed by atoms with E-state index in [2.05, 4.69) is 15.9 Å². The first-order valence-electron chi connectivity index (χ1n) is 3.71. The monoisotopic (exact) mass is 312 g/mol. The van der Waals surface area contributed by atoms with Gasteiger partial charge in [-0.25, -0.2) is 13.2 Å². The van der Waals surface area contributed by atoms with E-state index in [1.807, 2.05) is 0 Å². The fraction of sp³-hybridized carbons (Fsp3) is 0.125. The van der Waals surface area contributed by atoms with Gasteiger partial charge >= 0.3 is 5.97 Å². The van der Waals surface area contributed by atoms with Crippen molar-refractivity contribution in [3.05, 3.63) is 27.7 Å². The Morgan fingerprint density at radius 2 is 2.00 bits per heavy atom. The Morgan fingerprint density at radius 1 is 1.47 bits per heavy atom. The minimum Gasteiger partial charge on any atom is -0.478 e. The molecule has 0 spiro atoms. The molecule has 0 amide bonds. The molecule has 0 saturated heterocycles. The average Bonchev–Trinajstić information content (AvgIpc) is 2.00. The van der Waals surface area contributed by atoms with Gasteiger partial charge in [0.25, 0.3) is 9.05 Å². The Balaban J connectivity index is 3.58. The van der Waals surface area contributed by atoms with Crippen LogP contribution in [0.25, 0.3) is 0 Å². The molecule has 0 heterocycles. The Labute approximate surface area is 99.4 Å². The summed E-state index contributed by atoms with van der Waals surface area (Å²) in [4.78, 5) is 10.6. The fourth-order valence-electron chi connectivity index (χ4n) is 1.08. The zero-order valence-corrected chi connectivity index (χ0v) is 10.6. The second-order valence-corrected chi connectivity index (χ2v) is 6.23. The number of rotatable bonds is 2. The Kier molecular flexibility index (Phi) is 3.42. The third-order valence-corrected chi connectivity index (χ3v) is 3.88. The molecule has 0 unspecified atom stereocenters. The molecule has 0 saturated carbocycles. The van der Waals surface area contributed by atoms with Crippen molar-refractivity contribution in [2.45, 2.75) is 11.8 Å². The van der Waals surface area contributed by atoms with Crippen LogP contribution in [0.15, 0.2) is 21.5 Å². The van der Waals surface area contributed by atoms with Gasteiger partial charge in [-0.15, -0.1) is 0 Å². The largest absolute Gasteiger partial charge is 0.478 e. The van der Waals surface area contributed by atoms with Crippen molar-refractivity contribution in [2.75, 3.05) is 0 Å². The van der Waals surface area contributed by atoms with Crippen molar-refractivity contribution in [3.63, 3.8) is 0 Å². The van der Waals surface area contributed by atoms with E-state index in [9.17, 15) is 13.2 Å². The van der Waals surface area contributed by atoms with Gasteiger partial charge in [-0.3, -0.25) is 0 Å². The molecule has 4 nitrogen and oxygen atoms in total. The van der Waals surface area contributed by atoms with E-state index in [1.165, 1.54) is 13.0 Å². The van der Waals surface area contributed by atoms with Crippen LogP contribution in [-0.4, -0.2) is 19.5 Å². The summed E-state index contributed by atoms with van der Waals surface area (Å²) in [6.07, 6.45) is 0. The van der Waals surface area contributed by atoms with E-state index in [-0.39, 0.29) is 10.5 Å². The zero-order chi connectivity index (χ0) is 11.8. The maximum absolute atomic E-state index is 11.1. The normalized spacial score (nSPS) is 11.4. The van der Waals surface area contributed by atoms with Crippen LogP contribution in [0.3, 0.4) is 0 Å². The molecule has 15 heavy (non-hydrogen) atoms. The Hall–Kier alpha value is -0.590. The van der Waals surface area contributed by atoms with Crippen LogP contribution in [0.2, 0.25) is 0 Å². The molecule has 0 aromatic heterocycles. The zero-order valence-electron chi connectivity index (χ0n) is 7.49. The molecule has 0 aliphatic carbocycles. The average molecular weight is 314 g/mol. The number of aryl methyl sites for hydroxylation is 1. The van der Waals surface area contributed by atoms with Crippen LogP contribution < -0.4 is 0 Å². The summed E-state index contributed by atoms with van der Waals surface area (Å²) in [5.41, 5.74) is 0.252. The molecule has 0 bridgehead atoms. The van der Waals surface area contributed by atoms with Crippen LogP contribution in [0.5, 0.6) is 0 Å². The number of carboxylic acids is 1. The molecule has 0 atom stereocenters. The second-order valence-electron chi connectivity index (χ2n) is 2.84. The van der Waals surface area contributed by atoms with Crippen molar-refractivity contribution in [1.29, 1.82) is 0 Å². The second kappa shape index (κ2) is 4.11. The summed E-state index contributed by atoms with van der Waals surface area (Å²) in [7, 11) is 1.24. The molecule has 0 aliphatic rings. The van der Waals surface area contributed by atoms with Gasteiger partial charge < -0.3 is 5.11 Å². The summed E-state index contributed by atoms with van der Waals surface area (Å²) in [5.74, 6) is -1.22. The van der Waals surface area contributed by atoms with E-state index in [4.69, 9.17) is 15.8 Å². The third-order valence-electron chi connectivity index (χ3n) is 1.76. The molecule has 1 rings (SSSR count). The van der Waals surface area contributed by atoms with Crippen molar-refractivity contribution < 1.29 is 18.3 Å². The summed E-state index contributed by atoms with van der Waals surface area (Å²) in [6, 6.07) is 2.43. The molecule has 7 heteroatoms. The molecule has 0 fully saturated rings. The van der Waals surface area contributed by atoms with Gasteiger partial charge in [0.1, 0.15) is 0 Å². The maximum Gasteiger partial charge on any atom is 0.336 e. The molecule has 1 aromatic carbocycles. The predicted octanol–water partition coefficient (Wildman–Crippen LogP) is 2.38. The number of halogens is 2. The molecular formula is C8H6BrClO4S. The lowest BCUT2D eigenvalue weighted by Crippen LogP contribution is -2.02. The lowest BCUT2D eigenvalue weighted by Gasteiger charge is -2.05. The minimum absolute atomic E-state index is 0.139. The SMILES string of the molecule is Cc1cc(Br)c(C(=O)O)cc1S(=O)(=O)Cl. The smallest absolute Gasteiger partial charge is 0.336 e. The first kappa shape index (κ1) is 12.5. The molecular weight excluding hydrogens is 308 g/mol. The molecule has 0 radical (unpaired) electrons. The van der Waals surface area contributed by atoms with Crippen LogP contribution >= 0.6 is 26.6 Å².